The summed E-state index contributed by atoms with van der Waals surface area (Å²) in [6, 6.07) is 8.66. The molecule has 2 rings (SSSR count). The summed E-state index contributed by atoms with van der Waals surface area (Å²) < 4.78 is 0. The van der Waals surface area contributed by atoms with Gasteiger partial charge in [0.1, 0.15) is 0 Å². The average Bonchev–Trinajstić information content (AvgIpc) is 3.22. The van der Waals surface area contributed by atoms with Crippen LogP contribution in [0.4, 0.5) is 0 Å². The van der Waals surface area contributed by atoms with Crippen molar-refractivity contribution in [2.24, 2.45) is 5.73 Å². The molecule has 20 heavy (non-hydrogen) atoms. The topological polar surface area (TPSA) is 46.3 Å². The van der Waals surface area contributed by atoms with Crippen molar-refractivity contribution in [2.45, 2.75) is 45.1 Å². The Kier molecular flexibility index (Phi) is 5.12. The van der Waals surface area contributed by atoms with Gasteiger partial charge in [-0.1, -0.05) is 36.5 Å². The van der Waals surface area contributed by atoms with E-state index >= 15 is 0 Å². The van der Waals surface area contributed by atoms with E-state index in [2.05, 4.69) is 19.1 Å². The molecule has 0 heterocycles. The Hall–Kier alpha value is -1.42. The van der Waals surface area contributed by atoms with Gasteiger partial charge in [-0.15, -0.1) is 0 Å². The summed E-state index contributed by atoms with van der Waals surface area (Å²) in [5.74, 6) is 0.229. The molecule has 1 aromatic rings. The molecular weight excluding hydrogens is 268 g/mol. The first-order chi connectivity index (χ1) is 9.58. The fourth-order valence-electron chi connectivity index (χ4n) is 2.40. The van der Waals surface area contributed by atoms with Crippen molar-refractivity contribution in [1.29, 1.82) is 0 Å². The molecule has 0 spiro atoms. The minimum absolute atomic E-state index is 0.229. The molecule has 1 aromatic carbocycles. The van der Waals surface area contributed by atoms with Gasteiger partial charge >= 0.3 is 0 Å². The van der Waals surface area contributed by atoms with Crippen molar-refractivity contribution >= 4 is 23.1 Å². The second-order valence-corrected chi connectivity index (χ2v) is 5.99. The van der Waals surface area contributed by atoms with Gasteiger partial charge in [0.15, 0.2) is 0 Å². The van der Waals surface area contributed by atoms with Crippen molar-refractivity contribution in [3.05, 3.63) is 35.4 Å². The van der Waals surface area contributed by atoms with Crippen molar-refractivity contribution in [1.82, 2.24) is 4.90 Å². The predicted octanol–water partition coefficient (Wildman–Crippen LogP) is 2.59. The van der Waals surface area contributed by atoms with Crippen LogP contribution < -0.4 is 5.73 Å². The Balaban J connectivity index is 1.88. The molecule has 1 fully saturated rings. The number of hydrogen-bond acceptors (Lipinski definition) is 2. The van der Waals surface area contributed by atoms with Gasteiger partial charge in [0.2, 0.25) is 5.91 Å². The molecule has 0 atom stereocenters. The molecular formula is C16H22N2OS. The standard InChI is InChI=1S/C16H22N2OS/c1-12-4-2-3-5-13(12)6-9-16(19)18(14-7-8-14)11-10-15(17)20/h2-5,14H,6-11H2,1H3,(H2,17,20). The smallest absolute Gasteiger partial charge is 0.223 e. The quantitative estimate of drug-likeness (QED) is 0.785. The van der Waals surface area contributed by atoms with Gasteiger partial charge in [0.25, 0.3) is 0 Å². The highest BCUT2D eigenvalue weighted by Crippen LogP contribution is 2.27. The van der Waals surface area contributed by atoms with E-state index in [1.807, 2.05) is 17.0 Å². The second kappa shape index (κ2) is 6.84. The number of hydrogen-bond donors (Lipinski definition) is 1. The molecule has 0 unspecified atom stereocenters. The number of amides is 1. The zero-order valence-corrected chi connectivity index (χ0v) is 12.8. The monoisotopic (exact) mass is 290 g/mol. The van der Waals surface area contributed by atoms with Gasteiger partial charge in [0, 0.05) is 25.4 Å². The van der Waals surface area contributed by atoms with Crippen LogP contribution in [0, 0.1) is 6.92 Å². The molecule has 0 saturated heterocycles. The van der Waals surface area contributed by atoms with E-state index in [-0.39, 0.29) is 5.91 Å². The lowest BCUT2D eigenvalue weighted by molar-refractivity contribution is -0.131. The lowest BCUT2D eigenvalue weighted by atomic mass is 10.0. The van der Waals surface area contributed by atoms with Crippen molar-refractivity contribution in [2.75, 3.05) is 6.54 Å². The van der Waals surface area contributed by atoms with Crippen LogP contribution in [-0.2, 0) is 11.2 Å². The first-order valence-electron chi connectivity index (χ1n) is 7.20. The Morgan fingerprint density at radius 1 is 1.35 bits per heavy atom. The zero-order chi connectivity index (χ0) is 14.5. The van der Waals surface area contributed by atoms with Gasteiger partial charge in [-0.05, 0) is 37.3 Å². The minimum atomic E-state index is 0.229. The second-order valence-electron chi connectivity index (χ2n) is 5.46. The third-order valence-electron chi connectivity index (χ3n) is 3.78. The summed E-state index contributed by atoms with van der Waals surface area (Å²) in [4.78, 5) is 14.8. The molecule has 1 aliphatic carbocycles. The van der Waals surface area contributed by atoms with Crippen molar-refractivity contribution in [3.8, 4) is 0 Å². The van der Waals surface area contributed by atoms with Crippen molar-refractivity contribution in [3.63, 3.8) is 0 Å². The highest BCUT2D eigenvalue weighted by Gasteiger charge is 2.31. The molecule has 0 bridgehead atoms. The molecule has 0 radical (unpaired) electrons. The Bertz CT molecular complexity index is 497. The Morgan fingerprint density at radius 2 is 2.05 bits per heavy atom. The van der Waals surface area contributed by atoms with Gasteiger partial charge in [-0.2, -0.15) is 0 Å². The molecule has 2 N–H and O–H groups in total. The minimum Gasteiger partial charge on any atom is -0.393 e. The molecule has 3 nitrogen and oxygen atoms in total. The number of thiocarbonyl (C=S) groups is 1. The molecule has 1 amide bonds. The summed E-state index contributed by atoms with van der Waals surface area (Å²) in [6.45, 7) is 2.76. The van der Waals surface area contributed by atoms with Crippen LogP contribution in [-0.4, -0.2) is 28.4 Å². The Morgan fingerprint density at radius 3 is 2.65 bits per heavy atom. The van der Waals surface area contributed by atoms with Crippen LogP contribution in [0.25, 0.3) is 0 Å². The van der Waals surface area contributed by atoms with E-state index in [4.69, 9.17) is 18.0 Å². The number of benzene rings is 1. The zero-order valence-electron chi connectivity index (χ0n) is 12.0. The van der Waals surface area contributed by atoms with E-state index in [1.54, 1.807) is 0 Å². The summed E-state index contributed by atoms with van der Waals surface area (Å²) >= 11 is 4.91. The van der Waals surface area contributed by atoms with Gasteiger partial charge < -0.3 is 10.6 Å². The summed E-state index contributed by atoms with van der Waals surface area (Å²) in [5.41, 5.74) is 8.05. The van der Waals surface area contributed by atoms with Crippen LogP contribution in [0.15, 0.2) is 24.3 Å². The molecule has 4 heteroatoms. The number of nitrogens with zero attached hydrogens (tertiary/aromatic N) is 1. The number of nitrogens with two attached hydrogens (primary N) is 1. The van der Waals surface area contributed by atoms with Gasteiger partial charge in [-0.3, -0.25) is 4.79 Å². The maximum atomic E-state index is 12.4. The molecule has 0 aliphatic heterocycles. The molecule has 0 aromatic heterocycles. The number of carbonyl (C=O) groups is 1. The van der Waals surface area contributed by atoms with Crippen molar-refractivity contribution < 1.29 is 4.79 Å². The highest BCUT2D eigenvalue weighted by molar-refractivity contribution is 7.80. The summed E-state index contributed by atoms with van der Waals surface area (Å²) in [6.07, 6.45) is 4.24. The maximum Gasteiger partial charge on any atom is 0.223 e. The number of aryl methyl sites for hydroxylation is 2. The van der Waals surface area contributed by atoms with Crippen LogP contribution >= 0.6 is 12.2 Å². The third kappa shape index (κ3) is 4.30. The van der Waals surface area contributed by atoms with E-state index < -0.39 is 0 Å². The molecule has 1 saturated carbocycles. The summed E-state index contributed by atoms with van der Waals surface area (Å²) in [7, 11) is 0. The lowest BCUT2D eigenvalue weighted by Crippen LogP contribution is -2.35. The van der Waals surface area contributed by atoms with E-state index in [9.17, 15) is 4.79 Å². The van der Waals surface area contributed by atoms with E-state index in [0.717, 1.165) is 19.3 Å². The van der Waals surface area contributed by atoms with Gasteiger partial charge in [-0.25, -0.2) is 0 Å². The average molecular weight is 290 g/mol. The SMILES string of the molecule is Cc1ccccc1CCC(=O)N(CCC(N)=S)C1CC1. The number of carbonyl (C=O) groups excluding carboxylic acids is 1. The third-order valence-corrected chi connectivity index (χ3v) is 3.98. The first kappa shape index (κ1) is 15.0. The van der Waals surface area contributed by atoms with Gasteiger partial charge in [0.05, 0.1) is 4.99 Å². The largest absolute Gasteiger partial charge is 0.393 e. The highest BCUT2D eigenvalue weighted by atomic mass is 32.1. The molecule has 1 aliphatic rings. The maximum absolute atomic E-state index is 12.4. The lowest BCUT2D eigenvalue weighted by Gasteiger charge is -2.22. The predicted molar refractivity (Wildman–Crippen MR) is 85.6 cm³/mol. The van der Waals surface area contributed by atoms with Crippen LogP contribution in [0.5, 0.6) is 0 Å². The van der Waals surface area contributed by atoms with Crippen LogP contribution in [0.2, 0.25) is 0 Å². The summed E-state index contributed by atoms with van der Waals surface area (Å²) in [5, 5.41) is 0. The number of rotatable bonds is 7. The fraction of sp³-hybridized carbons (Fsp3) is 0.500. The van der Waals surface area contributed by atoms with E-state index in [1.165, 1.54) is 11.1 Å². The molecule has 108 valence electrons. The van der Waals surface area contributed by atoms with Crippen LogP contribution in [0.1, 0.15) is 36.8 Å². The fourth-order valence-corrected chi connectivity index (χ4v) is 2.49. The van der Waals surface area contributed by atoms with E-state index in [0.29, 0.717) is 30.4 Å². The van der Waals surface area contributed by atoms with Crippen LogP contribution in [0.3, 0.4) is 0 Å². The normalized spacial score (nSPS) is 14.1. The Labute approximate surface area is 126 Å². The first-order valence-corrected chi connectivity index (χ1v) is 7.61.